The first-order chi connectivity index (χ1) is 16.4. The van der Waals surface area contributed by atoms with Gasteiger partial charge >= 0.3 is 5.69 Å². The average molecular weight is 461 g/mol. The van der Waals surface area contributed by atoms with Crippen LogP contribution in [0, 0.1) is 13.8 Å². The van der Waals surface area contributed by atoms with Gasteiger partial charge in [-0.1, -0.05) is 29.8 Å². The lowest BCUT2D eigenvalue weighted by Crippen LogP contribution is -2.43. The molecular formula is C26H28N4O4. The van der Waals surface area contributed by atoms with Crippen molar-refractivity contribution in [3.8, 4) is 5.69 Å². The molecule has 5 rings (SSSR count). The summed E-state index contributed by atoms with van der Waals surface area (Å²) in [7, 11) is 1.82. The van der Waals surface area contributed by atoms with Gasteiger partial charge in [-0.05, 0) is 50.5 Å². The van der Waals surface area contributed by atoms with Crippen molar-refractivity contribution in [2.75, 3.05) is 13.2 Å². The van der Waals surface area contributed by atoms with E-state index >= 15 is 0 Å². The number of hydrogen-bond donors (Lipinski definition) is 1. The summed E-state index contributed by atoms with van der Waals surface area (Å²) < 4.78 is 10.0. The van der Waals surface area contributed by atoms with Crippen molar-refractivity contribution < 1.29 is 9.53 Å². The minimum Gasteiger partial charge on any atom is -0.376 e. The molecule has 4 aromatic rings. The van der Waals surface area contributed by atoms with E-state index < -0.39 is 11.2 Å². The number of amides is 1. The van der Waals surface area contributed by atoms with Gasteiger partial charge in [-0.2, -0.15) is 0 Å². The number of carbonyl (C=O) groups excluding carboxylic acids is 1. The maximum Gasteiger partial charge on any atom is 0.336 e. The second-order valence-corrected chi connectivity index (χ2v) is 9.01. The quantitative estimate of drug-likeness (QED) is 0.496. The Hall–Kier alpha value is -3.65. The summed E-state index contributed by atoms with van der Waals surface area (Å²) in [5.74, 6) is -0.293. The van der Waals surface area contributed by atoms with E-state index in [1.165, 1.54) is 9.13 Å². The van der Waals surface area contributed by atoms with Crippen molar-refractivity contribution in [3.05, 3.63) is 74.4 Å². The fraction of sp³-hybridized carbons (Fsp3) is 0.346. The second kappa shape index (κ2) is 8.61. The van der Waals surface area contributed by atoms with Crippen LogP contribution in [-0.4, -0.2) is 38.9 Å². The van der Waals surface area contributed by atoms with Crippen LogP contribution in [0.3, 0.4) is 0 Å². The van der Waals surface area contributed by atoms with E-state index in [-0.39, 0.29) is 18.6 Å². The zero-order valence-corrected chi connectivity index (χ0v) is 19.6. The average Bonchev–Trinajstić information content (AvgIpc) is 3.43. The second-order valence-electron chi connectivity index (χ2n) is 9.01. The van der Waals surface area contributed by atoms with E-state index in [0.29, 0.717) is 29.9 Å². The third-order valence-electron chi connectivity index (χ3n) is 6.63. The zero-order valence-electron chi connectivity index (χ0n) is 19.6. The lowest BCUT2D eigenvalue weighted by Gasteiger charge is -2.15. The highest BCUT2D eigenvalue weighted by atomic mass is 16.5. The summed E-state index contributed by atoms with van der Waals surface area (Å²) in [5, 5.41) is 3.67. The molecule has 1 amide bonds. The van der Waals surface area contributed by atoms with Crippen molar-refractivity contribution in [2.45, 2.75) is 39.3 Å². The van der Waals surface area contributed by atoms with Crippen LogP contribution in [0.25, 0.3) is 27.6 Å². The van der Waals surface area contributed by atoms with Crippen molar-refractivity contribution in [1.29, 1.82) is 0 Å². The summed E-state index contributed by atoms with van der Waals surface area (Å²) in [6, 6.07) is 13.1. The number of carbonyl (C=O) groups is 1. The van der Waals surface area contributed by atoms with Crippen LogP contribution < -0.4 is 16.6 Å². The van der Waals surface area contributed by atoms with Gasteiger partial charge in [0.05, 0.1) is 22.8 Å². The number of fused-ring (bicyclic) bond motifs is 3. The maximum absolute atomic E-state index is 13.8. The van der Waals surface area contributed by atoms with E-state index in [1.54, 1.807) is 16.7 Å². The van der Waals surface area contributed by atoms with Crippen molar-refractivity contribution in [2.24, 2.45) is 7.05 Å². The Morgan fingerprint density at radius 3 is 2.65 bits per heavy atom. The molecule has 1 atom stereocenters. The molecule has 0 bridgehead atoms. The van der Waals surface area contributed by atoms with Crippen LogP contribution in [0.5, 0.6) is 0 Å². The van der Waals surface area contributed by atoms with Gasteiger partial charge in [0.25, 0.3) is 5.56 Å². The van der Waals surface area contributed by atoms with Gasteiger partial charge in [-0.15, -0.1) is 0 Å². The van der Waals surface area contributed by atoms with Gasteiger partial charge in [-0.25, -0.2) is 9.36 Å². The Balaban J connectivity index is 1.74. The van der Waals surface area contributed by atoms with Gasteiger partial charge < -0.3 is 14.6 Å². The molecule has 1 aliphatic rings. The topological polar surface area (TPSA) is 87.3 Å². The standard InChI is InChI=1S/C26H28N4O4/c1-16-10-11-21-19(13-16)23-24(28(21)3)25(32)30(20-9-5-4-7-17(20)2)26(33)29(23)15-22(31)27-14-18-8-6-12-34-18/h4-5,7,9-11,13,18H,6,8,12,14-15H2,1-3H3,(H,27,31)/t18-/m0/s1. The number of nitrogens with one attached hydrogen (secondary N) is 1. The van der Waals surface area contributed by atoms with E-state index in [4.69, 9.17) is 4.74 Å². The fourth-order valence-electron chi connectivity index (χ4n) is 4.87. The molecule has 1 aliphatic heterocycles. The maximum atomic E-state index is 13.8. The fourth-order valence-corrected chi connectivity index (χ4v) is 4.87. The molecule has 8 heteroatoms. The number of hydrogen-bond acceptors (Lipinski definition) is 4. The Kier molecular flexibility index (Phi) is 5.61. The highest BCUT2D eigenvalue weighted by molar-refractivity contribution is 6.06. The molecule has 3 heterocycles. The van der Waals surface area contributed by atoms with Crippen molar-refractivity contribution >= 4 is 27.8 Å². The van der Waals surface area contributed by atoms with Gasteiger partial charge in [-0.3, -0.25) is 14.2 Å². The molecule has 1 fully saturated rings. The van der Waals surface area contributed by atoms with Crippen LogP contribution in [0.1, 0.15) is 24.0 Å². The summed E-state index contributed by atoms with van der Waals surface area (Å²) in [4.78, 5) is 40.5. The summed E-state index contributed by atoms with van der Waals surface area (Å²) >= 11 is 0. The molecule has 176 valence electrons. The van der Waals surface area contributed by atoms with E-state index in [9.17, 15) is 14.4 Å². The van der Waals surface area contributed by atoms with Crippen LogP contribution in [0.2, 0.25) is 0 Å². The van der Waals surface area contributed by atoms with Crippen molar-refractivity contribution in [1.82, 2.24) is 19.0 Å². The van der Waals surface area contributed by atoms with Gasteiger partial charge in [0.2, 0.25) is 5.91 Å². The monoisotopic (exact) mass is 460 g/mol. The molecule has 0 radical (unpaired) electrons. The SMILES string of the molecule is Cc1ccc2c(c1)c1c(c(=O)n(-c3ccccc3C)c(=O)n1CC(=O)NC[C@@H]1CCCO1)n2C. The predicted molar refractivity (Wildman–Crippen MR) is 132 cm³/mol. The third-order valence-corrected chi connectivity index (χ3v) is 6.63. The largest absolute Gasteiger partial charge is 0.376 e. The van der Waals surface area contributed by atoms with Crippen LogP contribution in [-0.2, 0) is 23.1 Å². The Morgan fingerprint density at radius 2 is 1.91 bits per heavy atom. The summed E-state index contributed by atoms with van der Waals surface area (Å²) in [5.41, 5.74) is 3.07. The molecular weight excluding hydrogens is 432 g/mol. The smallest absolute Gasteiger partial charge is 0.336 e. The molecule has 0 spiro atoms. The molecule has 1 saturated heterocycles. The third kappa shape index (κ3) is 3.64. The van der Waals surface area contributed by atoms with Crippen LogP contribution >= 0.6 is 0 Å². The molecule has 1 N–H and O–H groups in total. The molecule has 2 aromatic carbocycles. The van der Waals surface area contributed by atoms with Crippen molar-refractivity contribution in [3.63, 3.8) is 0 Å². The number of nitrogens with zero attached hydrogens (tertiary/aromatic N) is 3. The van der Waals surface area contributed by atoms with Crippen LogP contribution in [0.4, 0.5) is 0 Å². The highest BCUT2D eigenvalue weighted by Gasteiger charge is 2.23. The molecule has 8 nitrogen and oxygen atoms in total. The van der Waals surface area contributed by atoms with E-state index in [0.717, 1.165) is 34.9 Å². The number of benzene rings is 2. The number of aryl methyl sites for hydroxylation is 3. The molecule has 0 aliphatic carbocycles. The number of rotatable bonds is 5. The number of ether oxygens (including phenoxy) is 1. The van der Waals surface area contributed by atoms with E-state index in [2.05, 4.69) is 5.32 Å². The van der Waals surface area contributed by atoms with E-state index in [1.807, 2.05) is 51.2 Å². The Labute approximate surface area is 196 Å². The minimum absolute atomic E-state index is 0.00168. The number of para-hydroxylation sites is 1. The van der Waals surface area contributed by atoms with Crippen LogP contribution in [0.15, 0.2) is 52.1 Å². The lowest BCUT2D eigenvalue weighted by molar-refractivity contribution is -0.122. The highest BCUT2D eigenvalue weighted by Crippen LogP contribution is 2.27. The van der Waals surface area contributed by atoms with Gasteiger partial charge in [0.15, 0.2) is 0 Å². The molecule has 34 heavy (non-hydrogen) atoms. The number of aromatic nitrogens is 3. The Morgan fingerprint density at radius 1 is 1.12 bits per heavy atom. The Bertz CT molecular complexity index is 1540. The first-order valence-electron chi connectivity index (χ1n) is 11.6. The minimum atomic E-state index is -0.534. The summed E-state index contributed by atoms with van der Waals surface area (Å²) in [6.07, 6.45) is 1.89. The van der Waals surface area contributed by atoms with Gasteiger partial charge in [0.1, 0.15) is 12.1 Å². The molecule has 0 saturated carbocycles. The summed E-state index contributed by atoms with van der Waals surface area (Å²) in [6.45, 7) is 4.74. The first-order valence-corrected chi connectivity index (χ1v) is 11.6. The van der Waals surface area contributed by atoms with Gasteiger partial charge in [0, 0.05) is 25.6 Å². The molecule has 0 unspecified atom stereocenters. The zero-order chi connectivity index (χ0) is 24.0. The first kappa shape index (κ1) is 22.2. The predicted octanol–water partition coefficient (Wildman–Crippen LogP) is 2.56. The lowest BCUT2D eigenvalue weighted by atomic mass is 10.1. The normalized spacial score (nSPS) is 15.9. The molecule has 2 aromatic heterocycles.